The van der Waals surface area contributed by atoms with Crippen molar-refractivity contribution in [3.8, 4) is 5.75 Å². The maximum atomic E-state index is 6.02. The van der Waals surface area contributed by atoms with Gasteiger partial charge in [-0.3, -0.25) is 0 Å². The fourth-order valence-electron chi connectivity index (χ4n) is 2.56. The van der Waals surface area contributed by atoms with E-state index in [1.807, 2.05) is 25.1 Å². The first-order valence-electron chi connectivity index (χ1n) is 6.60. The number of aryl methyl sites for hydroxylation is 1. The quantitative estimate of drug-likeness (QED) is 0.674. The molecule has 0 aromatic heterocycles. The van der Waals surface area contributed by atoms with Crippen molar-refractivity contribution < 1.29 is 4.74 Å². The van der Waals surface area contributed by atoms with Crippen molar-refractivity contribution in [2.45, 2.75) is 39.0 Å². The van der Waals surface area contributed by atoms with E-state index in [1.165, 1.54) is 32.1 Å². The first kappa shape index (κ1) is 14.2. The Balaban J connectivity index is 1.98. The number of benzene rings is 1. The summed E-state index contributed by atoms with van der Waals surface area (Å²) in [4.78, 5) is 0. The van der Waals surface area contributed by atoms with Crippen LogP contribution in [0.2, 0.25) is 5.02 Å². The van der Waals surface area contributed by atoms with Gasteiger partial charge >= 0.3 is 0 Å². The number of hydrogen-bond donors (Lipinski definition) is 0. The molecular formula is C15H20BrClO. The average Bonchev–Trinajstić information content (AvgIpc) is 2.41. The summed E-state index contributed by atoms with van der Waals surface area (Å²) in [5.74, 6) is 0.933. The zero-order valence-electron chi connectivity index (χ0n) is 10.8. The molecule has 0 unspecified atom stereocenters. The van der Waals surface area contributed by atoms with Crippen molar-refractivity contribution in [2.75, 3.05) is 11.9 Å². The van der Waals surface area contributed by atoms with Gasteiger partial charge in [-0.25, -0.2) is 0 Å². The van der Waals surface area contributed by atoms with Gasteiger partial charge in [0.1, 0.15) is 5.75 Å². The van der Waals surface area contributed by atoms with Crippen molar-refractivity contribution in [3.63, 3.8) is 0 Å². The summed E-state index contributed by atoms with van der Waals surface area (Å²) in [5.41, 5.74) is 1.40. The normalized spacial score (nSPS) is 18.6. The van der Waals surface area contributed by atoms with Gasteiger partial charge < -0.3 is 4.74 Å². The maximum absolute atomic E-state index is 6.02. The molecule has 3 heteroatoms. The van der Waals surface area contributed by atoms with Gasteiger partial charge in [-0.1, -0.05) is 46.8 Å². The Morgan fingerprint density at radius 1 is 1.28 bits per heavy atom. The summed E-state index contributed by atoms with van der Waals surface area (Å²) < 4.78 is 5.99. The van der Waals surface area contributed by atoms with Crippen LogP contribution in [-0.2, 0) is 0 Å². The number of halogens is 2. The first-order valence-corrected chi connectivity index (χ1v) is 8.10. The second kappa shape index (κ2) is 6.29. The summed E-state index contributed by atoms with van der Waals surface area (Å²) in [7, 11) is 0. The third kappa shape index (κ3) is 3.42. The molecule has 100 valence electrons. The predicted octanol–water partition coefficient (Wildman–Crippen LogP) is 5.37. The molecule has 1 saturated carbocycles. The van der Waals surface area contributed by atoms with Crippen molar-refractivity contribution in [1.29, 1.82) is 0 Å². The van der Waals surface area contributed by atoms with Gasteiger partial charge in [0, 0.05) is 15.8 Å². The van der Waals surface area contributed by atoms with Crippen LogP contribution >= 0.6 is 27.5 Å². The second-order valence-corrected chi connectivity index (χ2v) is 6.36. The van der Waals surface area contributed by atoms with Crippen LogP contribution in [0.25, 0.3) is 0 Å². The van der Waals surface area contributed by atoms with Gasteiger partial charge in [-0.2, -0.15) is 0 Å². The van der Waals surface area contributed by atoms with E-state index < -0.39 is 0 Å². The van der Waals surface area contributed by atoms with Crippen LogP contribution < -0.4 is 4.74 Å². The van der Waals surface area contributed by atoms with E-state index in [0.717, 1.165) is 28.3 Å². The van der Waals surface area contributed by atoms with Crippen LogP contribution in [-0.4, -0.2) is 11.9 Å². The Labute approximate surface area is 123 Å². The van der Waals surface area contributed by atoms with Gasteiger partial charge in [-0.05, 0) is 43.5 Å². The zero-order valence-corrected chi connectivity index (χ0v) is 13.2. The minimum absolute atomic E-state index is 0.325. The van der Waals surface area contributed by atoms with Crippen molar-refractivity contribution in [3.05, 3.63) is 28.8 Å². The molecule has 1 fully saturated rings. The monoisotopic (exact) mass is 330 g/mol. The first-order chi connectivity index (χ1) is 8.65. The molecule has 0 atom stereocenters. The number of hydrogen-bond acceptors (Lipinski definition) is 1. The molecule has 0 spiro atoms. The highest BCUT2D eigenvalue weighted by molar-refractivity contribution is 9.09. The van der Waals surface area contributed by atoms with E-state index >= 15 is 0 Å². The molecule has 0 bridgehead atoms. The highest BCUT2D eigenvalue weighted by Gasteiger charge is 2.31. The standard InChI is InChI=1S/C15H20BrClO/c1-12-9-13(5-6-14(12)17)18-11-15(10-16)7-3-2-4-8-15/h5-6,9H,2-4,7-8,10-11H2,1H3. The van der Waals surface area contributed by atoms with E-state index in [-0.39, 0.29) is 0 Å². The molecule has 0 N–H and O–H groups in total. The van der Waals surface area contributed by atoms with Crippen molar-refractivity contribution in [1.82, 2.24) is 0 Å². The summed E-state index contributed by atoms with van der Waals surface area (Å²) in [6.45, 7) is 2.81. The van der Waals surface area contributed by atoms with Gasteiger partial charge in [0.05, 0.1) is 6.61 Å². The minimum Gasteiger partial charge on any atom is -0.493 e. The highest BCUT2D eigenvalue weighted by atomic mass is 79.9. The Morgan fingerprint density at radius 3 is 2.61 bits per heavy atom. The molecule has 0 radical (unpaired) electrons. The number of rotatable bonds is 4. The second-order valence-electron chi connectivity index (χ2n) is 5.39. The Bertz CT molecular complexity index is 399. The molecule has 18 heavy (non-hydrogen) atoms. The Hall–Kier alpha value is -0.210. The highest BCUT2D eigenvalue weighted by Crippen LogP contribution is 2.38. The topological polar surface area (TPSA) is 9.23 Å². The minimum atomic E-state index is 0.325. The van der Waals surface area contributed by atoms with Crippen LogP contribution in [0.15, 0.2) is 18.2 Å². The van der Waals surface area contributed by atoms with Crippen LogP contribution in [0.5, 0.6) is 5.75 Å². The largest absolute Gasteiger partial charge is 0.493 e. The lowest BCUT2D eigenvalue weighted by Crippen LogP contribution is -2.32. The summed E-state index contributed by atoms with van der Waals surface area (Å²) >= 11 is 9.69. The summed E-state index contributed by atoms with van der Waals surface area (Å²) in [6.07, 6.45) is 6.56. The average molecular weight is 332 g/mol. The molecule has 1 nitrogen and oxygen atoms in total. The number of alkyl halides is 1. The number of ether oxygens (including phenoxy) is 1. The molecule has 0 amide bonds. The maximum Gasteiger partial charge on any atom is 0.119 e. The fourth-order valence-corrected chi connectivity index (χ4v) is 3.40. The van der Waals surface area contributed by atoms with Crippen LogP contribution in [0.1, 0.15) is 37.7 Å². The molecular weight excluding hydrogens is 312 g/mol. The fraction of sp³-hybridized carbons (Fsp3) is 0.600. The molecule has 0 aliphatic heterocycles. The van der Waals surface area contributed by atoms with E-state index in [2.05, 4.69) is 15.9 Å². The summed E-state index contributed by atoms with van der Waals surface area (Å²) in [5, 5.41) is 1.84. The smallest absolute Gasteiger partial charge is 0.119 e. The van der Waals surface area contributed by atoms with Gasteiger partial charge in [-0.15, -0.1) is 0 Å². The van der Waals surface area contributed by atoms with Crippen LogP contribution in [0.4, 0.5) is 0 Å². The van der Waals surface area contributed by atoms with Crippen LogP contribution in [0, 0.1) is 12.3 Å². The van der Waals surface area contributed by atoms with E-state index in [0.29, 0.717) is 5.41 Å². The molecule has 1 aliphatic carbocycles. The molecule has 1 aliphatic rings. The lowest BCUT2D eigenvalue weighted by molar-refractivity contribution is 0.122. The van der Waals surface area contributed by atoms with Crippen LogP contribution in [0.3, 0.4) is 0 Å². The Morgan fingerprint density at radius 2 is 2.00 bits per heavy atom. The van der Waals surface area contributed by atoms with Gasteiger partial charge in [0.2, 0.25) is 0 Å². The molecule has 1 aromatic rings. The van der Waals surface area contributed by atoms with Gasteiger partial charge in [0.15, 0.2) is 0 Å². The van der Waals surface area contributed by atoms with Gasteiger partial charge in [0.25, 0.3) is 0 Å². The Kier molecular flexibility index (Phi) is 4.97. The van der Waals surface area contributed by atoms with E-state index in [4.69, 9.17) is 16.3 Å². The van der Waals surface area contributed by atoms with Crippen molar-refractivity contribution >= 4 is 27.5 Å². The third-order valence-electron chi connectivity index (χ3n) is 3.87. The lowest BCUT2D eigenvalue weighted by Gasteiger charge is -2.35. The molecule has 2 rings (SSSR count). The predicted molar refractivity (Wildman–Crippen MR) is 81.0 cm³/mol. The molecule has 1 aromatic carbocycles. The summed E-state index contributed by atoms with van der Waals surface area (Å²) in [6, 6.07) is 5.89. The van der Waals surface area contributed by atoms with E-state index in [9.17, 15) is 0 Å². The van der Waals surface area contributed by atoms with E-state index in [1.54, 1.807) is 0 Å². The zero-order chi connectivity index (χ0) is 13.0. The lowest BCUT2D eigenvalue weighted by atomic mass is 9.76. The third-order valence-corrected chi connectivity index (χ3v) is 5.49. The molecule has 0 saturated heterocycles. The van der Waals surface area contributed by atoms with Crippen molar-refractivity contribution in [2.24, 2.45) is 5.41 Å². The molecule has 0 heterocycles. The SMILES string of the molecule is Cc1cc(OCC2(CBr)CCCCC2)ccc1Cl.